The van der Waals surface area contributed by atoms with Gasteiger partial charge in [-0.05, 0) is 38.0 Å². The summed E-state index contributed by atoms with van der Waals surface area (Å²) in [4.78, 5) is 35.3. The molecule has 1 amide bonds. The molecular formula is C22H26N2O6. The van der Waals surface area contributed by atoms with E-state index in [1.54, 1.807) is 6.92 Å². The van der Waals surface area contributed by atoms with Gasteiger partial charge < -0.3 is 14.8 Å². The molecule has 2 aromatic rings. The quantitative estimate of drug-likeness (QED) is 0.359. The number of esters is 1. The lowest BCUT2D eigenvalue weighted by Crippen LogP contribution is -2.38. The monoisotopic (exact) mass is 414 g/mol. The second-order valence-corrected chi connectivity index (χ2v) is 6.68. The van der Waals surface area contributed by atoms with Gasteiger partial charge in [-0.3, -0.25) is 14.9 Å². The van der Waals surface area contributed by atoms with Gasteiger partial charge >= 0.3 is 11.7 Å². The van der Waals surface area contributed by atoms with E-state index in [4.69, 9.17) is 9.47 Å². The molecule has 0 aliphatic rings. The van der Waals surface area contributed by atoms with Crippen LogP contribution in [0.1, 0.15) is 49.0 Å². The Morgan fingerprint density at radius 2 is 1.83 bits per heavy atom. The Bertz CT molecular complexity index is 884. The van der Waals surface area contributed by atoms with Crippen LogP contribution in [0, 0.1) is 10.1 Å². The number of rotatable bonds is 10. The van der Waals surface area contributed by atoms with Gasteiger partial charge in [0.05, 0.1) is 17.1 Å². The zero-order valence-electron chi connectivity index (χ0n) is 17.3. The maximum atomic E-state index is 12.4. The van der Waals surface area contributed by atoms with Gasteiger partial charge in [0, 0.05) is 18.5 Å². The highest BCUT2D eigenvalue weighted by Gasteiger charge is 2.23. The molecule has 0 aliphatic carbocycles. The van der Waals surface area contributed by atoms with Crippen LogP contribution in [0.2, 0.25) is 0 Å². The first-order valence-electron chi connectivity index (χ1n) is 9.82. The van der Waals surface area contributed by atoms with Crippen molar-refractivity contribution in [2.45, 2.75) is 39.2 Å². The molecule has 160 valence electrons. The molecule has 2 rings (SSSR count). The molecule has 0 fully saturated rings. The highest BCUT2D eigenvalue weighted by Crippen LogP contribution is 2.28. The average molecular weight is 414 g/mol. The van der Waals surface area contributed by atoms with E-state index in [-0.39, 0.29) is 29.5 Å². The van der Waals surface area contributed by atoms with Crippen molar-refractivity contribution in [2.24, 2.45) is 0 Å². The van der Waals surface area contributed by atoms with E-state index in [0.717, 1.165) is 18.1 Å². The molecule has 1 N–H and O–H groups in total. The van der Waals surface area contributed by atoms with Gasteiger partial charge in [-0.25, -0.2) is 4.79 Å². The minimum absolute atomic E-state index is 0.0273. The number of hydrogen-bond acceptors (Lipinski definition) is 6. The Labute approximate surface area is 175 Å². The minimum atomic E-state index is -1.04. The maximum absolute atomic E-state index is 12.4. The molecule has 0 radical (unpaired) electrons. The topological polar surface area (TPSA) is 108 Å². The number of nitro benzene ring substituents is 1. The van der Waals surface area contributed by atoms with Crippen molar-refractivity contribution in [2.75, 3.05) is 13.2 Å². The van der Waals surface area contributed by atoms with Crippen molar-refractivity contribution in [3.8, 4) is 5.75 Å². The number of hydrogen-bond donors (Lipinski definition) is 1. The van der Waals surface area contributed by atoms with Gasteiger partial charge in [-0.2, -0.15) is 0 Å². The van der Waals surface area contributed by atoms with Gasteiger partial charge in [0.25, 0.3) is 5.91 Å². The van der Waals surface area contributed by atoms with E-state index < -0.39 is 22.9 Å². The van der Waals surface area contributed by atoms with Crippen LogP contribution >= 0.6 is 0 Å². The first-order valence-corrected chi connectivity index (χ1v) is 9.82. The number of nitrogens with one attached hydrogen (secondary N) is 1. The van der Waals surface area contributed by atoms with Gasteiger partial charge in [-0.1, -0.05) is 37.3 Å². The number of nitro groups is 1. The molecule has 0 aliphatic heterocycles. The van der Waals surface area contributed by atoms with Crippen LogP contribution in [0.5, 0.6) is 5.75 Å². The van der Waals surface area contributed by atoms with Gasteiger partial charge in [-0.15, -0.1) is 0 Å². The average Bonchev–Trinajstić information content (AvgIpc) is 2.75. The lowest BCUT2D eigenvalue weighted by atomic mass is 9.96. The molecule has 0 bridgehead atoms. The van der Waals surface area contributed by atoms with Crippen LogP contribution in [0.4, 0.5) is 5.69 Å². The fourth-order valence-corrected chi connectivity index (χ4v) is 2.94. The number of nitrogens with zero attached hydrogens (tertiary/aromatic N) is 1. The summed E-state index contributed by atoms with van der Waals surface area (Å²) in [6.45, 7) is 5.86. The van der Waals surface area contributed by atoms with Crippen LogP contribution in [-0.2, 0) is 9.53 Å². The number of carbonyl (C=O) groups is 2. The van der Waals surface area contributed by atoms with Crippen molar-refractivity contribution < 1.29 is 24.0 Å². The van der Waals surface area contributed by atoms with Crippen LogP contribution in [-0.4, -0.2) is 36.1 Å². The molecular weight excluding hydrogens is 388 g/mol. The molecule has 2 aromatic carbocycles. The number of carbonyl (C=O) groups excluding carboxylic acids is 2. The standard InChI is InChI=1S/C22H26N2O6/c1-4-16(17-9-7-6-8-10-17)14-23-21(25)15(3)30-22(26)18-11-12-20(29-5-2)19(13-18)24(27)28/h6-13,15-16H,4-5,14H2,1-3H3,(H,23,25)/t15-,16+/m0/s1. The fourth-order valence-electron chi connectivity index (χ4n) is 2.94. The highest BCUT2D eigenvalue weighted by molar-refractivity contribution is 5.93. The van der Waals surface area contributed by atoms with Crippen LogP contribution in [0.15, 0.2) is 48.5 Å². The second-order valence-electron chi connectivity index (χ2n) is 6.68. The summed E-state index contributed by atoms with van der Waals surface area (Å²) in [5.74, 6) is -1.04. The van der Waals surface area contributed by atoms with Crippen molar-refractivity contribution in [1.29, 1.82) is 0 Å². The summed E-state index contributed by atoms with van der Waals surface area (Å²) in [5, 5.41) is 14.0. The van der Waals surface area contributed by atoms with Gasteiger partial charge in [0.1, 0.15) is 0 Å². The third-order valence-corrected chi connectivity index (χ3v) is 4.63. The van der Waals surface area contributed by atoms with Gasteiger partial charge in [0.2, 0.25) is 0 Å². The van der Waals surface area contributed by atoms with E-state index in [0.29, 0.717) is 6.54 Å². The molecule has 30 heavy (non-hydrogen) atoms. The molecule has 0 unspecified atom stereocenters. The first kappa shape index (κ1) is 22.9. The molecule has 8 nitrogen and oxygen atoms in total. The predicted molar refractivity (Wildman–Crippen MR) is 112 cm³/mol. The summed E-state index contributed by atoms with van der Waals surface area (Å²) < 4.78 is 10.4. The molecule has 0 aromatic heterocycles. The first-order chi connectivity index (χ1) is 14.4. The smallest absolute Gasteiger partial charge is 0.339 e. The molecule has 0 heterocycles. The Morgan fingerprint density at radius 3 is 2.43 bits per heavy atom. The summed E-state index contributed by atoms with van der Waals surface area (Å²) in [7, 11) is 0. The van der Waals surface area contributed by atoms with E-state index in [9.17, 15) is 19.7 Å². The molecule has 8 heteroatoms. The normalized spacial score (nSPS) is 12.5. The van der Waals surface area contributed by atoms with E-state index >= 15 is 0 Å². The van der Waals surface area contributed by atoms with Gasteiger partial charge in [0.15, 0.2) is 11.9 Å². The second kappa shape index (κ2) is 10.9. The van der Waals surface area contributed by atoms with Crippen LogP contribution in [0.3, 0.4) is 0 Å². The summed E-state index contributed by atoms with van der Waals surface area (Å²) in [6.07, 6.45) is -0.203. The molecule has 2 atom stereocenters. The lowest BCUT2D eigenvalue weighted by molar-refractivity contribution is -0.385. The predicted octanol–water partition coefficient (Wildman–Crippen LogP) is 3.85. The third-order valence-electron chi connectivity index (χ3n) is 4.63. The molecule has 0 spiro atoms. The largest absolute Gasteiger partial charge is 0.487 e. The zero-order chi connectivity index (χ0) is 22.1. The maximum Gasteiger partial charge on any atom is 0.339 e. The number of amides is 1. The van der Waals surface area contributed by atoms with E-state index in [1.807, 2.05) is 37.3 Å². The lowest BCUT2D eigenvalue weighted by Gasteiger charge is -2.18. The Balaban J connectivity index is 1.98. The Hall–Kier alpha value is -3.42. The van der Waals surface area contributed by atoms with Crippen molar-refractivity contribution in [3.05, 3.63) is 69.8 Å². The Morgan fingerprint density at radius 1 is 1.13 bits per heavy atom. The zero-order valence-corrected chi connectivity index (χ0v) is 17.3. The Kier molecular flexibility index (Phi) is 8.34. The summed E-state index contributed by atoms with van der Waals surface area (Å²) in [5.41, 5.74) is 0.754. The fraction of sp³-hybridized carbons (Fsp3) is 0.364. The van der Waals surface area contributed by atoms with Crippen molar-refractivity contribution >= 4 is 17.6 Å². The number of benzene rings is 2. The van der Waals surface area contributed by atoms with E-state index in [1.165, 1.54) is 19.1 Å². The molecule has 0 saturated heterocycles. The van der Waals surface area contributed by atoms with Crippen molar-refractivity contribution in [1.82, 2.24) is 5.32 Å². The summed E-state index contributed by atoms with van der Waals surface area (Å²) >= 11 is 0. The van der Waals surface area contributed by atoms with Crippen LogP contribution < -0.4 is 10.1 Å². The van der Waals surface area contributed by atoms with E-state index in [2.05, 4.69) is 5.32 Å². The number of ether oxygens (including phenoxy) is 2. The molecule has 0 saturated carbocycles. The van der Waals surface area contributed by atoms with Crippen molar-refractivity contribution in [3.63, 3.8) is 0 Å². The third kappa shape index (κ3) is 6.04. The SMILES string of the molecule is CCOc1ccc(C(=O)O[C@@H](C)C(=O)NC[C@@H](CC)c2ccccc2)cc1[N+](=O)[O-]. The van der Waals surface area contributed by atoms with Crippen LogP contribution in [0.25, 0.3) is 0 Å². The summed E-state index contributed by atoms with van der Waals surface area (Å²) in [6, 6.07) is 13.6. The minimum Gasteiger partial charge on any atom is -0.487 e. The highest BCUT2D eigenvalue weighted by atomic mass is 16.6.